The lowest BCUT2D eigenvalue weighted by molar-refractivity contribution is -0.138. The first-order valence-electron chi connectivity index (χ1n) is 5.99. The molecule has 18 heavy (non-hydrogen) atoms. The van der Waals surface area contributed by atoms with Crippen LogP contribution < -0.4 is 10.1 Å². The van der Waals surface area contributed by atoms with Gasteiger partial charge in [0, 0.05) is 11.6 Å². The third-order valence-electron chi connectivity index (χ3n) is 3.27. The van der Waals surface area contributed by atoms with E-state index in [1.165, 1.54) is 13.2 Å². The van der Waals surface area contributed by atoms with Crippen molar-refractivity contribution in [2.75, 3.05) is 13.7 Å². The predicted molar refractivity (Wildman–Crippen MR) is 62.7 cm³/mol. The van der Waals surface area contributed by atoms with E-state index in [9.17, 15) is 13.2 Å². The molecular weight excluding hydrogens is 243 g/mol. The quantitative estimate of drug-likeness (QED) is 0.901. The maximum Gasteiger partial charge on any atom is 0.416 e. The minimum Gasteiger partial charge on any atom is -0.496 e. The van der Waals surface area contributed by atoms with E-state index in [1.807, 2.05) is 0 Å². The Morgan fingerprint density at radius 1 is 1.39 bits per heavy atom. The first kappa shape index (κ1) is 13.2. The summed E-state index contributed by atoms with van der Waals surface area (Å²) in [4.78, 5) is 0. The topological polar surface area (TPSA) is 21.3 Å². The summed E-state index contributed by atoms with van der Waals surface area (Å²) in [5.74, 6) is 0.318. The Balaban J connectivity index is 2.34. The molecule has 0 spiro atoms. The summed E-state index contributed by atoms with van der Waals surface area (Å²) in [6.45, 7) is 0.876. The zero-order valence-corrected chi connectivity index (χ0v) is 10.2. The molecule has 2 rings (SSSR count). The Morgan fingerprint density at radius 2 is 2.17 bits per heavy atom. The van der Waals surface area contributed by atoms with Crippen LogP contribution in [-0.2, 0) is 12.6 Å². The van der Waals surface area contributed by atoms with Crippen LogP contribution in [0.3, 0.4) is 0 Å². The normalized spacial score (nSPS) is 20.1. The van der Waals surface area contributed by atoms with Crippen LogP contribution in [0.5, 0.6) is 5.75 Å². The third-order valence-corrected chi connectivity index (χ3v) is 3.27. The molecule has 0 bridgehead atoms. The molecule has 1 heterocycles. The van der Waals surface area contributed by atoms with Crippen molar-refractivity contribution in [3.63, 3.8) is 0 Å². The van der Waals surface area contributed by atoms with Crippen LogP contribution >= 0.6 is 0 Å². The molecule has 2 nitrogen and oxygen atoms in total. The van der Waals surface area contributed by atoms with Crippen molar-refractivity contribution in [2.24, 2.45) is 0 Å². The number of methoxy groups -OCH3 is 1. The van der Waals surface area contributed by atoms with Gasteiger partial charge in [-0.05, 0) is 37.9 Å². The van der Waals surface area contributed by atoms with Gasteiger partial charge in [-0.1, -0.05) is 6.07 Å². The molecule has 1 aromatic rings. The standard InChI is InChI=1S/C13H16F3NO/c1-18-12-6-2-5-11(13(14,15)16)10(12)8-9-4-3-7-17-9/h2,5-6,9,17H,3-4,7-8H2,1H3. The lowest BCUT2D eigenvalue weighted by atomic mass is 9.98. The van der Waals surface area contributed by atoms with Gasteiger partial charge in [-0.3, -0.25) is 0 Å². The van der Waals surface area contributed by atoms with Gasteiger partial charge in [0.25, 0.3) is 0 Å². The van der Waals surface area contributed by atoms with Crippen molar-refractivity contribution in [1.82, 2.24) is 5.32 Å². The molecule has 1 fully saturated rings. The number of rotatable bonds is 3. The molecule has 1 N–H and O–H groups in total. The van der Waals surface area contributed by atoms with Crippen molar-refractivity contribution in [3.8, 4) is 5.75 Å². The van der Waals surface area contributed by atoms with Gasteiger partial charge in [0.05, 0.1) is 12.7 Å². The molecule has 0 aliphatic carbocycles. The van der Waals surface area contributed by atoms with Gasteiger partial charge < -0.3 is 10.1 Å². The highest BCUT2D eigenvalue weighted by Crippen LogP contribution is 2.37. The first-order chi connectivity index (χ1) is 8.52. The van der Waals surface area contributed by atoms with Gasteiger partial charge in [0.15, 0.2) is 0 Å². The van der Waals surface area contributed by atoms with Crippen LogP contribution in [0, 0.1) is 0 Å². The van der Waals surface area contributed by atoms with E-state index in [-0.39, 0.29) is 11.6 Å². The molecule has 1 aliphatic rings. The zero-order valence-electron chi connectivity index (χ0n) is 10.2. The first-order valence-corrected chi connectivity index (χ1v) is 5.99. The van der Waals surface area contributed by atoms with Crippen LogP contribution in [0.25, 0.3) is 0 Å². The zero-order chi connectivity index (χ0) is 13.2. The van der Waals surface area contributed by atoms with E-state index < -0.39 is 11.7 Å². The van der Waals surface area contributed by atoms with E-state index in [2.05, 4.69) is 5.32 Å². The van der Waals surface area contributed by atoms with Crippen LogP contribution in [0.15, 0.2) is 18.2 Å². The van der Waals surface area contributed by atoms with E-state index in [4.69, 9.17) is 4.74 Å². The molecule has 1 aliphatic heterocycles. The molecule has 100 valence electrons. The maximum atomic E-state index is 13.0. The molecule has 0 amide bonds. The molecule has 0 aromatic heterocycles. The number of halogens is 3. The highest BCUT2D eigenvalue weighted by Gasteiger charge is 2.35. The number of hydrogen-bond donors (Lipinski definition) is 1. The van der Waals surface area contributed by atoms with Gasteiger partial charge in [-0.15, -0.1) is 0 Å². The van der Waals surface area contributed by atoms with E-state index >= 15 is 0 Å². The third kappa shape index (κ3) is 2.77. The fourth-order valence-corrected chi connectivity index (χ4v) is 2.41. The lowest BCUT2D eigenvalue weighted by Gasteiger charge is -2.18. The summed E-state index contributed by atoms with van der Waals surface area (Å²) in [6.07, 6.45) is -2.04. The largest absolute Gasteiger partial charge is 0.496 e. The van der Waals surface area contributed by atoms with Crippen molar-refractivity contribution in [2.45, 2.75) is 31.5 Å². The number of benzene rings is 1. The summed E-state index contributed by atoms with van der Waals surface area (Å²) < 4.78 is 44.0. The van der Waals surface area contributed by atoms with Gasteiger partial charge >= 0.3 is 6.18 Å². The van der Waals surface area contributed by atoms with Crippen LogP contribution in [-0.4, -0.2) is 19.7 Å². The monoisotopic (exact) mass is 259 g/mol. The Bertz CT molecular complexity index is 411. The van der Waals surface area contributed by atoms with Gasteiger partial charge in [0.1, 0.15) is 5.75 Å². The molecule has 1 unspecified atom stereocenters. The van der Waals surface area contributed by atoms with E-state index in [0.717, 1.165) is 25.5 Å². The van der Waals surface area contributed by atoms with E-state index in [1.54, 1.807) is 6.07 Å². The van der Waals surface area contributed by atoms with Gasteiger partial charge in [-0.25, -0.2) is 0 Å². The Labute approximate surface area is 104 Å². The minimum atomic E-state index is -4.33. The average molecular weight is 259 g/mol. The number of hydrogen-bond acceptors (Lipinski definition) is 2. The number of ether oxygens (including phenoxy) is 1. The number of alkyl halides is 3. The molecule has 1 atom stereocenters. The summed E-state index contributed by atoms with van der Waals surface area (Å²) >= 11 is 0. The second-order valence-corrected chi connectivity index (χ2v) is 4.48. The predicted octanol–water partition coefficient (Wildman–Crippen LogP) is 3.01. The average Bonchev–Trinajstić information content (AvgIpc) is 2.80. The smallest absolute Gasteiger partial charge is 0.416 e. The van der Waals surface area contributed by atoms with Gasteiger partial charge in [0.2, 0.25) is 0 Å². The highest BCUT2D eigenvalue weighted by molar-refractivity contribution is 5.42. The van der Waals surface area contributed by atoms with E-state index in [0.29, 0.717) is 12.2 Å². The summed E-state index contributed by atoms with van der Waals surface area (Å²) in [6, 6.07) is 4.20. The summed E-state index contributed by atoms with van der Waals surface area (Å²) in [7, 11) is 1.40. The molecule has 0 radical (unpaired) electrons. The molecule has 5 heteroatoms. The fourth-order valence-electron chi connectivity index (χ4n) is 2.41. The molecule has 0 saturated carbocycles. The van der Waals surface area contributed by atoms with Crippen molar-refractivity contribution in [1.29, 1.82) is 0 Å². The van der Waals surface area contributed by atoms with Crippen LogP contribution in [0.2, 0.25) is 0 Å². The summed E-state index contributed by atoms with van der Waals surface area (Å²) in [5.41, 5.74) is -0.331. The molecule has 1 aromatic carbocycles. The second kappa shape index (κ2) is 5.18. The van der Waals surface area contributed by atoms with Crippen LogP contribution in [0.1, 0.15) is 24.0 Å². The second-order valence-electron chi connectivity index (χ2n) is 4.48. The van der Waals surface area contributed by atoms with Crippen molar-refractivity contribution in [3.05, 3.63) is 29.3 Å². The maximum absolute atomic E-state index is 13.0. The van der Waals surface area contributed by atoms with Gasteiger partial charge in [-0.2, -0.15) is 13.2 Å². The SMILES string of the molecule is COc1cccc(C(F)(F)F)c1CC1CCCN1. The van der Waals surface area contributed by atoms with Crippen molar-refractivity contribution >= 4 is 0 Å². The van der Waals surface area contributed by atoms with Crippen molar-refractivity contribution < 1.29 is 17.9 Å². The Morgan fingerprint density at radius 3 is 2.72 bits per heavy atom. The fraction of sp³-hybridized carbons (Fsp3) is 0.538. The summed E-state index contributed by atoms with van der Waals surface area (Å²) in [5, 5.41) is 3.21. The lowest BCUT2D eigenvalue weighted by Crippen LogP contribution is -2.25. The van der Waals surface area contributed by atoms with Crippen LogP contribution in [0.4, 0.5) is 13.2 Å². The highest BCUT2D eigenvalue weighted by atomic mass is 19.4. The molecular formula is C13H16F3NO. The number of nitrogens with one attached hydrogen (secondary N) is 1. The minimum absolute atomic E-state index is 0.113. The molecule has 1 saturated heterocycles. The Kier molecular flexibility index (Phi) is 3.80. The Hall–Kier alpha value is -1.23.